The molecule has 46 heavy (non-hydrogen) atoms. The quantitative estimate of drug-likeness (QED) is 0.147. The van der Waals surface area contributed by atoms with E-state index in [9.17, 15) is 27.9 Å². The minimum atomic E-state index is -1.36. The van der Waals surface area contributed by atoms with Crippen LogP contribution in [0.25, 0.3) is 0 Å². The molecule has 1 N–H and O–H groups in total. The van der Waals surface area contributed by atoms with Crippen molar-refractivity contribution in [3.8, 4) is 0 Å². The van der Waals surface area contributed by atoms with Crippen molar-refractivity contribution in [3.05, 3.63) is 12.7 Å². The molecule has 0 aliphatic carbocycles. The van der Waals surface area contributed by atoms with Crippen molar-refractivity contribution < 1.29 is 74.4 Å². The Morgan fingerprint density at radius 3 is 1.50 bits per heavy atom. The summed E-state index contributed by atoms with van der Waals surface area (Å²) in [6, 6.07) is 0. The van der Waals surface area contributed by atoms with Crippen molar-refractivity contribution in [2.24, 2.45) is 0 Å². The fourth-order valence-corrected chi connectivity index (χ4v) is 9.80. The number of ether oxygens (including phenoxy) is 6. The second-order valence-corrected chi connectivity index (χ2v) is 15.3. The van der Waals surface area contributed by atoms with Gasteiger partial charge in [-0.05, 0) is 0 Å². The maximum absolute atomic E-state index is 12.7. The Hall–Kier alpha value is 1.52. The summed E-state index contributed by atoms with van der Waals surface area (Å²) in [7, 11) is 5.81. The lowest BCUT2D eigenvalue weighted by Crippen LogP contribution is -2.64. The zero-order valence-corrected chi connectivity index (χ0v) is 33.0. The number of hydrogen-bond donors (Lipinski definition) is 1. The first kappa shape index (κ1) is 41.9. The van der Waals surface area contributed by atoms with Crippen LogP contribution in [0, 0.1) is 0 Å². The van der Waals surface area contributed by atoms with Crippen molar-refractivity contribution in [3.63, 3.8) is 0 Å². The van der Waals surface area contributed by atoms with Crippen LogP contribution in [-0.4, -0.2) is 121 Å². The average Bonchev–Trinajstić information content (AvgIpc) is 3.05. The molecule has 0 bridgehead atoms. The Labute approximate surface area is 283 Å². The average molecular weight is 822 g/mol. The summed E-state index contributed by atoms with van der Waals surface area (Å²) in [5, 5.41) is 10.9. The smallest absolute Gasteiger partial charge is 0.187 e. The highest BCUT2D eigenvalue weighted by molar-refractivity contribution is 7.30. The fraction of sp³-hybridized carbons (Fsp3) is 0.905. The molecule has 25 heteroatoms. The summed E-state index contributed by atoms with van der Waals surface area (Å²) in [6.45, 7) is 3.35. The summed E-state index contributed by atoms with van der Waals surface area (Å²) in [6.07, 6.45) is -9.81. The standard InChI is InChI=1S/C21H35O16P9/c1-2-3-28-20-17(45-26)15(43-24)12(7(32-20)4-29-38)36-21-18(46-27)16(44-25)11(8(33-21)5-30-39)35-19-13(37-41)10(22)14(42-23)9(34-19)6-31-40/h2,7-22H,1,3-6,38-41H2/t7?,8?,9?,10-,11+,12-,13?,14+,15+,16+,17?,18?,19-,20-,21+/m1/s1. The Bertz CT molecular complexity index is 1020. The van der Waals surface area contributed by atoms with Gasteiger partial charge in [-0.25, -0.2) is 0 Å². The van der Waals surface area contributed by atoms with Crippen LogP contribution in [0.4, 0.5) is 0 Å². The van der Waals surface area contributed by atoms with E-state index in [0.717, 1.165) is 0 Å². The molecule has 3 rings (SSSR count). The Kier molecular flexibility index (Phi) is 19.9. The number of aliphatic hydroxyl groups is 1. The van der Waals surface area contributed by atoms with E-state index < -0.39 is 132 Å². The first-order chi connectivity index (χ1) is 22.3. The van der Waals surface area contributed by atoms with Gasteiger partial charge in [-0.15, -0.1) is 6.58 Å². The molecule has 3 aliphatic heterocycles. The van der Waals surface area contributed by atoms with Gasteiger partial charge in [-0.3, -0.25) is 22.8 Å². The SMILES string of the molecule is C=CCO[C@@H]1OC(COP)[C@@H](O[C@@H]2OC(COP)[C@H](O[C@H]3OC(COP)[C@H](P=O)[C@H](O)C3OP)[C@H](P=O)C2P=O)[C@H](P=O)C1P=O. The largest absolute Gasteiger partial charge is 0.389 e. The molecule has 0 spiro atoms. The van der Waals surface area contributed by atoms with Crippen LogP contribution < -0.4 is 0 Å². The monoisotopic (exact) mass is 822 g/mol. The van der Waals surface area contributed by atoms with Crippen molar-refractivity contribution in [2.45, 2.75) is 89.9 Å². The molecule has 16 nitrogen and oxygen atoms in total. The van der Waals surface area contributed by atoms with Gasteiger partial charge in [0.25, 0.3) is 0 Å². The van der Waals surface area contributed by atoms with Crippen LogP contribution in [0.3, 0.4) is 0 Å². The normalized spacial score (nSPS) is 42.2. The van der Waals surface area contributed by atoms with E-state index in [1.165, 1.54) is 6.08 Å². The van der Waals surface area contributed by atoms with Gasteiger partial charge in [0, 0.05) is 37.9 Å². The number of rotatable bonds is 19. The van der Waals surface area contributed by atoms with E-state index in [1.54, 1.807) is 0 Å². The lowest BCUT2D eigenvalue weighted by molar-refractivity contribution is -0.317. The lowest BCUT2D eigenvalue weighted by atomic mass is 10.00. The van der Waals surface area contributed by atoms with Crippen LogP contribution in [0.2, 0.25) is 0 Å². The molecule has 0 aromatic rings. The van der Waals surface area contributed by atoms with Crippen molar-refractivity contribution in [1.82, 2.24) is 0 Å². The van der Waals surface area contributed by atoms with Gasteiger partial charge in [-0.1, -0.05) is 6.08 Å². The zero-order chi connectivity index (χ0) is 33.8. The molecule has 0 aromatic carbocycles. The molecule has 0 aromatic heterocycles. The molecule has 0 radical (unpaired) electrons. The van der Waals surface area contributed by atoms with Crippen LogP contribution in [0.15, 0.2) is 12.7 Å². The lowest BCUT2D eigenvalue weighted by Gasteiger charge is -2.48. The third kappa shape index (κ3) is 10.1. The predicted molar refractivity (Wildman–Crippen MR) is 176 cm³/mol. The van der Waals surface area contributed by atoms with Gasteiger partial charge in [0.1, 0.15) is 54.0 Å². The maximum atomic E-state index is 12.7. The van der Waals surface area contributed by atoms with E-state index in [-0.39, 0.29) is 26.4 Å². The number of aliphatic hydroxyl groups excluding tert-OH is 1. The molecule has 260 valence electrons. The predicted octanol–water partition coefficient (Wildman–Crippen LogP) is 3.39. The minimum Gasteiger partial charge on any atom is -0.389 e. The number of hydrogen-bond acceptors (Lipinski definition) is 16. The highest BCUT2D eigenvalue weighted by atomic mass is 31.1. The molecule has 3 fully saturated rings. The van der Waals surface area contributed by atoms with Crippen molar-refractivity contribution in [2.75, 3.05) is 26.4 Å². The van der Waals surface area contributed by atoms with Gasteiger partial charge in [-0.2, -0.15) is 0 Å². The summed E-state index contributed by atoms with van der Waals surface area (Å²) in [5.41, 5.74) is -5.05. The van der Waals surface area contributed by atoms with E-state index in [1.807, 2.05) is 18.9 Å². The molecular formula is C21H35O16P9. The van der Waals surface area contributed by atoms with E-state index >= 15 is 0 Å². The summed E-state index contributed by atoms with van der Waals surface area (Å²) in [4.78, 5) is 0. The second kappa shape index (κ2) is 21.8. The topological polar surface area (TPSA) is 198 Å². The Morgan fingerprint density at radius 1 is 0.609 bits per heavy atom. The van der Waals surface area contributed by atoms with Gasteiger partial charge in [0.15, 0.2) is 61.2 Å². The third-order valence-corrected chi connectivity index (χ3v) is 13.0. The Balaban J connectivity index is 1.93. The molecule has 0 saturated carbocycles. The maximum Gasteiger partial charge on any atom is 0.187 e. The van der Waals surface area contributed by atoms with E-state index in [2.05, 4.69) is 25.5 Å². The zero-order valence-electron chi connectivity index (χ0n) is 23.9. The van der Waals surface area contributed by atoms with Gasteiger partial charge < -0.3 is 51.6 Å². The van der Waals surface area contributed by atoms with Gasteiger partial charge >= 0.3 is 0 Å². The highest BCUT2D eigenvalue weighted by Gasteiger charge is 2.56. The first-order valence-corrected chi connectivity index (χ1v) is 19.7. The van der Waals surface area contributed by atoms with E-state index in [0.29, 0.717) is 0 Å². The molecule has 10 unspecified atom stereocenters. The fourth-order valence-electron chi connectivity index (χ4n) is 5.32. The summed E-state index contributed by atoms with van der Waals surface area (Å²) in [5.74, 6) is 0. The van der Waals surface area contributed by atoms with Crippen LogP contribution >= 0.6 is 80.2 Å². The van der Waals surface area contributed by atoms with Crippen molar-refractivity contribution >= 4 is 80.2 Å². The van der Waals surface area contributed by atoms with Gasteiger partial charge in [0.05, 0.1) is 43.4 Å². The van der Waals surface area contributed by atoms with E-state index in [4.69, 9.17) is 46.5 Å². The molecule has 3 saturated heterocycles. The first-order valence-electron chi connectivity index (χ1n) is 13.4. The molecular weight excluding hydrogens is 787 g/mol. The van der Waals surface area contributed by atoms with Crippen LogP contribution in [0.5, 0.6) is 0 Å². The van der Waals surface area contributed by atoms with Gasteiger partial charge in [0.2, 0.25) is 0 Å². The third-order valence-electron chi connectivity index (χ3n) is 7.43. The minimum absolute atomic E-state index is 0.0665. The summed E-state index contributed by atoms with van der Waals surface area (Å²) >= 11 is 0. The van der Waals surface area contributed by atoms with Crippen LogP contribution in [-0.2, 0) is 69.3 Å². The highest BCUT2D eigenvalue weighted by Crippen LogP contribution is 2.44. The summed E-state index contributed by atoms with van der Waals surface area (Å²) < 4.78 is 119. The molecule has 3 aliphatic rings. The molecule has 0 amide bonds. The Morgan fingerprint density at radius 2 is 1.04 bits per heavy atom. The second-order valence-electron chi connectivity index (χ2n) is 10.0. The molecule has 19 atom stereocenters. The van der Waals surface area contributed by atoms with Crippen LogP contribution in [0.1, 0.15) is 0 Å². The molecule has 3 heterocycles. The van der Waals surface area contributed by atoms with Crippen molar-refractivity contribution in [1.29, 1.82) is 0 Å².